The monoisotopic (exact) mass is 802 g/mol. The van der Waals surface area contributed by atoms with Gasteiger partial charge in [-0.15, -0.1) is 0 Å². The third-order valence-corrected chi connectivity index (χ3v) is 11.7. The van der Waals surface area contributed by atoms with E-state index in [4.69, 9.17) is 0 Å². The second-order valence-corrected chi connectivity index (χ2v) is 17.4. The van der Waals surface area contributed by atoms with Gasteiger partial charge >= 0.3 is 0 Å². The van der Waals surface area contributed by atoms with Crippen LogP contribution in [0.3, 0.4) is 0 Å². The number of hydrogen-bond donors (Lipinski definition) is 4. The van der Waals surface area contributed by atoms with E-state index in [0.717, 1.165) is 44.9 Å². The van der Waals surface area contributed by atoms with Gasteiger partial charge < -0.3 is 20.6 Å². The fraction of sp³-hybridized carbons (Fsp3) is 0.865. The zero-order chi connectivity index (χ0) is 41.5. The van der Waals surface area contributed by atoms with Gasteiger partial charge in [-0.2, -0.15) is 0 Å². The molecule has 3 atom stereocenters. The van der Waals surface area contributed by atoms with E-state index in [1.807, 2.05) is 6.08 Å². The molecule has 0 aromatic carbocycles. The summed E-state index contributed by atoms with van der Waals surface area (Å²) in [6, 6.07) is -0.818. The molecule has 0 heterocycles. The highest BCUT2D eigenvalue weighted by molar-refractivity contribution is 5.80. The summed E-state index contributed by atoms with van der Waals surface area (Å²) in [5, 5.41) is 33.1. The van der Waals surface area contributed by atoms with E-state index < -0.39 is 24.2 Å². The molecule has 0 aliphatic carbocycles. The van der Waals surface area contributed by atoms with Crippen molar-refractivity contribution in [2.45, 2.75) is 283 Å². The number of allylic oxidation sites excluding steroid dienone is 5. The predicted molar refractivity (Wildman–Crippen MR) is 250 cm³/mol. The largest absolute Gasteiger partial charge is 0.394 e. The average Bonchev–Trinajstić information content (AvgIpc) is 3.22. The highest BCUT2D eigenvalue weighted by Gasteiger charge is 2.22. The highest BCUT2D eigenvalue weighted by Crippen LogP contribution is 2.17. The predicted octanol–water partition coefficient (Wildman–Crippen LogP) is 15.1. The maximum Gasteiger partial charge on any atom is 0.249 e. The molecule has 0 aliphatic heterocycles. The lowest BCUT2D eigenvalue weighted by Gasteiger charge is -2.21. The van der Waals surface area contributed by atoms with E-state index >= 15 is 0 Å². The topological polar surface area (TPSA) is 89.8 Å². The van der Waals surface area contributed by atoms with Crippen molar-refractivity contribution < 1.29 is 20.1 Å². The Morgan fingerprint density at radius 1 is 0.421 bits per heavy atom. The Labute approximate surface area is 355 Å². The molecule has 0 saturated heterocycles. The van der Waals surface area contributed by atoms with Crippen molar-refractivity contribution in [1.29, 1.82) is 0 Å². The third-order valence-electron chi connectivity index (χ3n) is 11.7. The minimum Gasteiger partial charge on any atom is -0.394 e. The fourth-order valence-electron chi connectivity index (χ4n) is 7.75. The lowest BCUT2D eigenvalue weighted by atomic mass is 10.0. The van der Waals surface area contributed by atoms with E-state index in [9.17, 15) is 20.1 Å². The summed E-state index contributed by atoms with van der Waals surface area (Å²) >= 11 is 0. The molecule has 5 heteroatoms. The first-order valence-electron chi connectivity index (χ1n) is 25.3. The van der Waals surface area contributed by atoms with Gasteiger partial charge in [0.05, 0.1) is 18.8 Å². The Kier molecular flexibility index (Phi) is 46.1. The number of carbonyl (C=O) groups excluding carboxylic acids is 1. The molecule has 5 nitrogen and oxygen atoms in total. The molecule has 1 amide bonds. The number of rotatable bonds is 46. The van der Waals surface area contributed by atoms with Gasteiger partial charge in [0, 0.05) is 0 Å². The molecule has 0 radical (unpaired) electrons. The van der Waals surface area contributed by atoms with Gasteiger partial charge in [0.2, 0.25) is 5.91 Å². The smallest absolute Gasteiger partial charge is 0.249 e. The van der Waals surface area contributed by atoms with Crippen LogP contribution < -0.4 is 5.32 Å². The van der Waals surface area contributed by atoms with Crippen LogP contribution >= 0.6 is 0 Å². The number of aliphatic hydroxyl groups is 3. The zero-order valence-electron chi connectivity index (χ0n) is 38.2. The normalized spacial score (nSPS) is 13.7. The van der Waals surface area contributed by atoms with E-state index in [1.165, 1.54) is 199 Å². The van der Waals surface area contributed by atoms with Gasteiger partial charge in [0.1, 0.15) is 6.10 Å². The van der Waals surface area contributed by atoms with Crippen LogP contribution in [-0.4, -0.2) is 46.1 Å². The average molecular weight is 802 g/mol. The van der Waals surface area contributed by atoms with Gasteiger partial charge in [-0.1, -0.05) is 256 Å². The fourth-order valence-corrected chi connectivity index (χ4v) is 7.75. The summed E-state index contributed by atoms with van der Waals surface area (Å²) < 4.78 is 0. The standard InChI is InChI=1S/C52H99NO4/c1-3-5-7-9-11-13-15-17-18-19-20-21-22-23-24-25-26-27-28-29-30-31-32-33-35-37-39-41-43-45-47-51(56)52(57)53-49(48-54)50(55)46-44-42-40-38-36-34-16-14-12-10-8-6-4-2/h12,14,36,38,44,46,49-51,54-56H,3-11,13,15-35,37,39-43,45,47-48H2,1-2H3,(H,53,57)/b14-12+,38-36+,46-44+. The zero-order valence-corrected chi connectivity index (χ0v) is 38.2. The SMILES string of the molecule is CCCCC/C=C/CC/C=C/CC/C=C/C(O)C(CO)NC(=O)C(O)CCCCCCCCCCCCCCCCCCCCCCCCCCCCCCCC. The van der Waals surface area contributed by atoms with Crippen LogP contribution in [0.5, 0.6) is 0 Å². The molecule has 3 unspecified atom stereocenters. The molecule has 0 aromatic heterocycles. The molecular weight excluding hydrogens is 703 g/mol. The Hall–Kier alpha value is -1.43. The van der Waals surface area contributed by atoms with Gasteiger partial charge in [-0.3, -0.25) is 4.79 Å². The van der Waals surface area contributed by atoms with Crippen LogP contribution in [0, 0.1) is 0 Å². The molecular formula is C52H99NO4. The third kappa shape index (κ3) is 42.5. The first-order valence-corrected chi connectivity index (χ1v) is 25.3. The Balaban J connectivity index is 3.53. The van der Waals surface area contributed by atoms with Crippen molar-refractivity contribution in [2.24, 2.45) is 0 Å². The lowest BCUT2D eigenvalue weighted by molar-refractivity contribution is -0.131. The van der Waals surface area contributed by atoms with E-state index in [0.29, 0.717) is 6.42 Å². The molecule has 0 fully saturated rings. The summed E-state index contributed by atoms with van der Waals surface area (Å²) in [6.45, 7) is 4.15. The Bertz CT molecular complexity index is 885. The first kappa shape index (κ1) is 55.6. The van der Waals surface area contributed by atoms with Crippen LogP contribution in [0.2, 0.25) is 0 Å². The van der Waals surface area contributed by atoms with E-state index in [1.54, 1.807) is 6.08 Å². The van der Waals surface area contributed by atoms with Crippen LogP contribution in [-0.2, 0) is 4.79 Å². The number of amides is 1. The highest BCUT2D eigenvalue weighted by atomic mass is 16.3. The quantitative estimate of drug-likeness (QED) is 0.0365. The molecule has 4 N–H and O–H groups in total. The van der Waals surface area contributed by atoms with Crippen molar-refractivity contribution in [3.63, 3.8) is 0 Å². The van der Waals surface area contributed by atoms with Gasteiger partial charge in [0.15, 0.2) is 0 Å². The minimum absolute atomic E-state index is 0.380. The van der Waals surface area contributed by atoms with Crippen molar-refractivity contribution in [2.75, 3.05) is 6.61 Å². The number of aliphatic hydroxyl groups excluding tert-OH is 3. The Morgan fingerprint density at radius 2 is 0.719 bits per heavy atom. The first-order chi connectivity index (χ1) is 28.1. The maximum absolute atomic E-state index is 12.5. The summed E-state index contributed by atoms with van der Waals surface area (Å²) in [6.07, 6.45) is 60.8. The van der Waals surface area contributed by atoms with Gasteiger partial charge in [0.25, 0.3) is 0 Å². The van der Waals surface area contributed by atoms with Crippen molar-refractivity contribution >= 4 is 5.91 Å². The van der Waals surface area contributed by atoms with Crippen molar-refractivity contribution in [3.8, 4) is 0 Å². The van der Waals surface area contributed by atoms with E-state index in [-0.39, 0.29) is 6.61 Å². The van der Waals surface area contributed by atoms with Crippen LogP contribution in [0.15, 0.2) is 36.5 Å². The van der Waals surface area contributed by atoms with Crippen LogP contribution in [0.1, 0.15) is 264 Å². The summed E-state index contributed by atoms with van der Waals surface area (Å²) in [4.78, 5) is 12.5. The van der Waals surface area contributed by atoms with Crippen molar-refractivity contribution in [3.05, 3.63) is 36.5 Å². The molecule has 0 spiro atoms. The Morgan fingerprint density at radius 3 is 1.07 bits per heavy atom. The summed E-state index contributed by atoms with van der Waals surface area (Å²) in [5.41, 5.74) is 0. The number of unbranched alkanes of at least 4 members (excludes halogenated alkanes) is 34. The van der Waals surface area contributed by atoms with Crippen LogP contribution in [0.25, 0.3) is 0 Å². The van der Waals surface area contributed by atoms with Gasteiger partial charge in [-0.05, 0) is 44.9 Å². The summed E-state index contributed by atoms with van der Waals surface area (Å²) in [7, 11) is 0. The van der Waals surface area contributed by atoms with Crippen LogP contribution in [0.4, 0.5) is 0 Å². The molecule has 0 aromatic rings. The molecule has 57 heavy (non-hydrogen) atoms. The second kappa shape index (κ2) is 47.3. The van der Waals surface area contributed by atoms with Crippen molar-refractivity contribution in [1.82, 2.24) is 5.32 Å². The van der Waals surface area contributed by atoms with Gasteiger partial charge in [-0.25, -0.2) is 0 Å². The molecule has 0 rings (SSSR count). The minimum atomic E-state index is -1.11. The second-order valence-electron chi connectivity index (χ2n) is 17.4. The molecule has 0 bridgehead atoms. The molecule has 0 saturated carbocycles. The molecule has 0 aliphatic rings. The summed E-state index contributed by atoms with van der Waals surface area (Å²) in [5.74, 6) is -0.515. The van der Waals surface area contributed by atoms with E-state index in [2.05, 4.69) is 43.5 Å². The number of nitrogens with one attached hydrogen (secondary N) is 1. The number of carbonyl (C=O) groups is 1. The number of hydrogen-bond acceptors (Lipinski definition) is 4. The maximum atomic E-state index is 12.5. The lowest BCUT2D eigenvalue weighted by Crippen LogP contribution is -2.48. The molecule has 336 valence electrons.